The summed E-state index contributed by atoms with van der Waals surface area (Å²) in [4.78, 5) is 13.2. The van der Waals surface area contributed by atoms with Gasteiger partial charge in [-0.25, -0.2) is 0 Å². The molecular formula is C9H16ClN3O. The molecule has 14 heavy (non-hydrogen) atoms. The Hall–Kier alpha value is -0.580. The molecular weight excluding hydrogens is 202 g/mol. The van der Waals surface area contributed by atoms with Crippen LogP contribution in [0.1, 0.15) is 6.92 Å². The lowest BCUT2D eigenvalue weighted by atomic mass is 10.1. The van der Waals surface area contributed by atoms with Gasteiger partial charge in [0.1, 0.15) is 6.04 Å². The third kappa shape index (κ3) is 2.97. The minimum atomic E-state index is -0.278. The Morgan fingerprint density at radius 3 is 3.07 bits per heavy atom. The number of hydrogen-bond donors (Lipinski definition) is 2. The number of amides is 1. The Labute approximate surface area is 89.1 Å². The molecule has 0 spiro atoms. The largest absolute Gasteiger partial charge is 0.368 e. The molecule has 0 aliphatic carbocycles. The van der Waals surface area contributed by atoms with Crippen LogP contribution < -0.4 is 11.1 Å². The van der Waals surface area contributed by atoms with Crippen LogP contribution in [-0.4, -0.2) is 43.0 Å². The molecule has 0 saturated carbocycles. The number of carbonyl (C=O) groups is 1. The Bertz CT molecular complexity index is 242. The summed E-state index contributed by atoms with van der Waals surface area (Å²) in [5.74, 6) is -0.278. The van der Waals surface area contributed by atoms with E-state index >= 15 is 0 Å². The van der Waals surface area contributed by atoms with Crippen molar-refractivity contribution in [2.45, 2.75) is 13.0 Å². The van der Waals surface area contributed by atoms with Gasteiger partial charge in [-0.15, -0.1) is 0 Å². The molecule has 1 unspecified atom stereocenters. The maximum atomic E-state index is 11.1. The van der Waals surface area contributed by atoms with Gasteiger partial charge in [-0.05, 0) is 12.5 Å². The summed E-state index contributed by atoms with van der Waals surface area (Å²) in [6.07, 6.45) is 0. The first kappa shape index (κ1) is 11.5. The van der Waals surface area contributed by atoms with Gasteiger partial charge in [0.2, 0.25) is 5.91 Å². The van der Waals surface area contributed by atoms with E-state index in [0.717, 1.165) is 18.7 Å². The summed E-state index contributed by atoms with van der Waals surface area (Å²) < 4.78 is 0. The lowest BCUT2D eigenvalue weighted by Crippen LogP contribution is -2.57. The van der Waals surface area contributed by atoms with Crippen molar-refractivity contribution in [2.75, 3.05) is 26.2 Å². The maximum absolute atomic E-state index is 11.1. The van der Waals surface area contributed by atoms with E-state index in [0.29, 0.717) is 13.1 Å². The van der Waals surface area contributed by atoms with Crippen molar-refractivity contribution in [1.29, 1.82) is 0 Å². The zero-order valence-corrected chi connectivity index (χ0v) is 9.05. The van der Waals surface area contributed by atoms with Gasteiger partial charge in [0.15, 0.2) is 0 Å². The van der Waals surface area contributed by atoms with Crippen LogP contribution in [0.4, 0.5) is 0 Å². The smallest absolute Gasteiger partial charge is 0.236 e. The summed E-state index contributed by atoms with van der Waals surface area (Å²) in [5.41, 5.74) is 7.88. The lowest BCUT2D eigenvalue weighted by molar-refractivity contribution is -0.123. The quantitative estimate of drug-likeness (QED) is 0.694. The standard InChI is InChI=1S/C9H16ClN3O/c1-7(4-10)6-13-3-2-12-5-8(13)9(11)14/h4,8,12H,2-3,5-6H2,1H3,(H2,11,14). The second kappa shape index (κ2) is 5.34. The number of nitrogens with two attached hydrogens (primary N) is 1. The molecule has 5 heteroatoms. The molecule has 0 radical (unpaired) electrons. The molecule has 1 rings (SSSR count). The molecule has 1 aliphatic rings. The van der Waals surface area contributed by atoms with Crippen molar-refractivity contribution in [3.05, 3.63) is 11.1 Å². The molecule has 1 heterocycles. The molecule has 0 bridgehead atoms. The topological polar surface area (TPSA) is 58.4 Å². The van der Waals surface area contributed by atoms with Gasteiger partial charge in [0.25, 0.3) is 0 Å². The van der Waals surface area contributed by atoms with Crippen molar-refractivity contribution in [2.24, 2.45) is 5.73 Å². The van der Waals surface area contributed by atoms with Crippen LogP contribution in [0.2, 0.25) is 0 Å². The minimum absolute atomic E-state index is 0.213. The first-order valence-corrected chi connectivity index (χ1v) is 5.08. The van der Waals surface area contributed by atoms with Crippen LogP contribution in [0.3, 0.4) is 0 Å². The molecule has 1 saturated heterocycles. The van der Waals surface area contributed by atoms with Crippen LogP contribution in [0.5, 0.6) is 0 Å². The number of nitrogens with zero attached hydrogens (tertiary/aromatic N) is 1. The van der Waals surface area contributed by atoms with E-state index in [1.807, 2.05) is 11.8 Å². The predicted molar refractivity (Wildman–Crippen MR) is 57.0 cm³/mol. The molecule has 1 aliphatic heterocycles. The lowest BCUT2D eigenvalue weighted by Gasteiger charge is -2.34. The van der Waals surface area contributed by atoms with Crippen molar-refractivity contribution in [3.8, 4) is 0 Å². The summed E-state index contributed by atoms with van der Waals surface area (Å²) in [5, 5.41) is 3.14. The minimum Gasteiger partial charge on any atom is -0.368 e. The zero-order chi connectivity index (χ0) is 10.6. The number of halogens is 1. The predicted octanol–water partition coefficient (Wildman–Crippen LogP) is -0.112. The highest BCUT2D eigenvalue weighted by molar-refractivity contribution is 6.25. The Balaban J connectivity index is 2.58. The van der Waals surface area contributed by atoms with Gasteiger partial charge in [-0.3, -0.25) is 9.69 Å². The first-order chi connectivity index (χ1) is 6.65. The highest BCUT2D eigenvalue weighted by Gasteiger charge is 2.26. The second-order valence-electron chi connectivity index (χ2n) is 3.55. The molecule has 80 valence electrons. The van der Waals surface area contributed by atoms with E-state index in [9.17, 15) is 4.79 Å². The molecule has 1 amide bonds. The van der Waals surface area contributed by atoms with Crippen molar-refractivity contribution in [1.82, 2.24) is 10.2 Å². The Morgan fingerprint density at radius 2 is 2.50 bits per heavy atom. The van der Waals surface area contributed by atoms with Crippen LogP contribution in [0, 0.1) is 0 Å². The van der Waals surface area contributed by atoms with E-state index in [4.69, 9.17) is 17.3 Å². The molecule has 4 nitrogen and oxygen atoms in total. The fourth-order valence-electron chi connectivity index (χ4n) is 1.57. The second-order valence-corrected chi connectivity index (χ2v) is 3.77. The third-order valence-corrected chi connectivity index (χ3v) is 2.69. The number of carbonyl (C=O) groups excluding carboxylic acids is 1. The maximum Gasteiger partial charge on any atom is 0.236 e. The molecule has 0 aromatic rings. The van der Waals surface area contributed by atoms with E-state index in [2.05, 4.69) is 5.32 Å². The van der Waals surface area contributed by atoms with Gasteiger partial charge < -0.3 is 11.1 Å². The zero-order valence-electron chi connectivity index (χ0n) is 8.29. The van der Waals surface area contributed by atoms with Gasteiger partial charge in [-0.2, -0.15) is 0 Å². The average Bonchev–Trinajstić information content (AvgIpc) is 2.18. The number of nitrogens with one attached hydrogen (secondary N) is 1. The van der Waals surface area contributed by atoms with Crippen LogP contribution in [0.15, 0.2) is 11.1 Å². The highest BCUT2D eigenvalue weighted by atomic mass is 35.5. The highest BCUT2D eigenvalue weighted by Crippen LogP contribution is 2.07. The molecule has 0 aromatic heterocycles. The average molecular weight is 218 g/mol. The summed E-state index contributed by atoms with van der Waals surface area (Å²) >= 11 is 5.58. The van der Waals surface area contributed by atoms with Crippen molar-refractivity contribution >= 4 is 17.5 Å². The van der Waals surface area contributed by atoms with E-state index in [-0.39, 0.29) is 11.9 Å². The summed E-state index contributed by atoms with van der Waals surface area (Å²) in [6, 6.07) is -0.213. The summed E-state index contributed by atoms with van der Waals surface area (Å²) in [6.45, 7) is 4.99. The number of piperazine rings is 1. The van der Waals surface area contributed by atoms with Crippen LogP contribution in [0.25, 0.3) is 0 Å². The van der Waals surface area contributed by atoms with Gasteiger partial charge >= 0.3 is 0 Å². The van der Waals surface area contributed by atoms with Crippen LogP contribution >= 0.6 is 11.6 Å². The third-order valence-electron chi connectivity index (χ3n) is 2.32. The molecule has 1 fully saturated rings. The van der Waals surface area contributed by atoms with Crippen LogP contribution in [-0.2, 0) is 4.79 Å². The molecule has 0 aromatic carbocycles. The van der Waals surface area contributed by atoms with Gasteiger partial charge in [0.05, 0.1) is 0 Å². The number of hydrogen-bond acceptors (Lipinski definition) is 3. The fraction of sp³-hybridized carbons (Fsp3) is 0.667. The van der Waals surface area contributed by atoms with E-state index < -0.39 is 0 Å². The molecule has 3 N–H and O–H groups in total. The van der Waals surface area contributed by atoms with Gasteiger partial charge in [0, 0.05) is 31.7 Å². The van der Waals surface area contributed by atoms with E-state index in [1.165, 1.54) is 0 Å². The normalized spacial score (nSPS) is 25.0. The van der Waals surface area contributed by atoms with Gasteiger partial charge in [-0.1, -0.05) is 11.6 Å². The summed E-state index contributed by atoms with van der Waals surface area (Å²) in [7, 11) is 0. The SMILES string of the molecule is CC(=CCl)CN1CCNCC1C(N)=O. The number of rotatable bonds is 3. The number of primary amides is 1. The Kier molecular flexibility index (Phi) is 4.38. The van der Waals surface area contributed by atoms with Crippen molar-refractivity contribution < 1.29 is 4.79 Å². The molecule has 1 atom stereocenters. The Morgan fingerprint density at radius 1 is 1.79 bits per heavy atom. The van der Waals surface area contributed by atoms with Crippen molar-refractivity contribution in [3.63, 3.8) is 0 Å². The fourth-order valence-corrected chi connectivity index (χ4v) is 1.64. The van der Waals surface area contributed by atoms with E-state index in [1.54, 1.807) is 5.54 Å². The first-order valence-electron chi connectivity index (χ1n) is 4.65. The monoisotopic (exact) mass is 217 g/mol.